The third-order valence-corrected chi connectivity index (χ3v) is 3.77. The topological polar surface area (TPSA) is 38.0 Å². The van der Waals surface area contributed by atoms with Gasteiger partial charge in [-0.25, -0.2) is 4.98 Å². The maximum atomic E-state index is 9.76. The van der Waals surface area contributed by atoms with Gasteiger partial charge in [-0.1, -0.05) is 44.0 Å². The number of halogens is 1. The molecule has 108 valence electrons. The monoisotopic (exact) mass is 292 g/mol. The molecule has 0 radical (unpaired) electrons. The Morgan fingerprint density at radius 3 is 2.60 bits per heavy atom. The summed E-state index contributed by atoms with van der Waals surface area (Å²) in [6.45, 7) is 4.21. The highest BCUT2D eigenvalue weighted by molar-refractivity contribution is 6.32. The Hall–Kier alpha value is -1.32. The zero-order valence-corrected chi connectivity index (χ0v) is 12.8. The van der Waals surface area contributed by atoms with E-state index in [-0.39, 0.29) is 6.61 Å². The van der Waals surface area contributed by atoms with Gasteiger partial charge in [-0.05, 0) is 25.0 Å². The minimum Gasteiger partial charge on any atom is -0.390 e. The smallest absolute Gasteiger partial charge is 0.113 e. The van der Waals surface area contributed by atoms with Crippen LogP contribution in [0, 0.1) is 0 Å². The highest BCUT2D eigenvalue weighted by atomic mass is 35.5. The van der Waals surface area contributed by atoms with Crippen LogP contribution >= 0.6 is 11.6 Å². The molecule has 0 bridgehead atoms. The largest absolute Gasteiger partial charge is 0.390 e. The van der Waals surface area contributed by atoms with Crippen LogP contribution in [0.5, 0.6) is 0 Å². The summed E-state index contributed by atoms with van der Waals surface area (Å²) in [5, 5.41) is 10.4. The molecule has 20 heavy (non-hydrogen) atoms. The Labute approximate surface area is 125 Å². The summed E-state index contributed by atoms with van der Waals surface area (Å²) in [4.78, 5) is 4.70. The number of benzene rings is 1. The minimum absolute atomic E-state index is 0.0166. The first-order valence-electron chi connectivity index (χ1n) is 7.18. The Balaban J connectivity index is 2.56. The zero-order valence-electron chi connectivity index (χ0n) is 12.1. The number of aliphatic hydroxyl groups is 1. The summed E-state index contributed by atoms with van der Waals surface area (Å²) < 4.78 is 2.01. The van der Waals surface area contributed by atoms with Crippen molar-refractivity contribution in [1.82, 2.24) is 9.55 Å². The number of aromatic nitrogens is 2. The Kier molecular flexibility index (Phi) is 5.21. The van der Waals surface area contributed by atoms with Gasteiger partial charge in [0.2, 0.25) is 0 Å². The molecule has 0 aliphatic carbocycles. The highest BCUT2D eigenvalue weighted by Crippen LogP contribution is 2.26. The van der Waals surface area contributed by atoms with Crippen LogP contribution in [0.15, 0.2) is 24.3 Å². The highest BCUT2D eigenvalue weighted by Gasteiger charge is 2.17. The standard InChI is InChI=1S/C16H21ClN2O/c1-3-5-9-13-15(11-20)19(16(4-2)18-13)14-10-7-6-8-12(14)17/h6-8,10,20H,3-5,9,11H2,1-2H3. The van der Waals surface area contributed by atoms with Crippen molar-refractivity contribution in [2.75, 3.05) is 0 Å². The molecule has 0 amide bonds. The first-order valence-corrected chi connectivity index (χ1v) is 7.55. The van der Waals surface area contributed by atoms with E-state index in [1.165, 1.54) is 0 Å². The fraction of sp³-hybridized carbons (Fsp3) is 0.438. The van der Waals surface area contributed by atoms with Crippen molar-refractivity contribution in [2.45, 2.75) is 46.1 Å². The van der Waals surface area contributed by atoms with Gasteiger partial charge >= 0.3 is 0 Å². The Morgan fingerprint density at radius 2 is 2.00 bits per heavy atom. The lowest BCUT2D eigenvalue weighted by atomic mass is 10.1. The second-order valence-electron chi connectivity index (χ2n) is 4.82. The van der Waals surface area contributed by atoms with Gasteiger partial charge in [-0.2, -0.15) is 0 Å². The summed E-state index contributed by atoms with van der Waals surface area (Å²) in [5.74, 6) is 0.952. The van der Waals surface area contributed by atoms with Gasteiger partial charge in [0.15, 0.2) is 0 Å². The third-order valence-electron chi connectivity index (χ3n) is 3.45. The summed E-state index contributed by atoms with van der Waals surface area (Å²) in [6.07, 6.45) is 3.90. The maximum Gasteiger partial charge on any atom is 0.113 e. The van der Waals surface area contributed by atoms with Gasteiger partial charge in [0.05, 0.1) is 28.7 Å². The molecule has 0 aliphatic rings. The van der Waals surface area contributed by atoms with E-state index >= 15 is 0 Å². The lowest BCUT2D eigenvalue weighted by Gasteiger charge is -2.12. The van der Waals surface area contributed by atoms with Crippen molar-refractivity contribution < 1.29 is 5.11 Å². The molecule has 0 spiro atoms. The number of imidazole rings is 1. The normalized spacial score (nSPS) is 11.0. The van der Waals surface area contributed by atoms with Crippen LogP contribution in [0.4, 0.5) is 0 Å². The van der Waals surface area contributed by atoms with Gasteiger partial charge in [-0.3, -0.25) is 4.57 Å². The number of nitrogens with zero attached hydrogens (tertiary/aromatic N) is 2. The molecule has 2 rings (SSSR count). The molecule has 0 saturated carbocycles. The number of hydrogen-bond donors (Lipinski definition) is 1. The molecule has 0 unspecified atom stereocenters. The molecule has 2 aromatic rings. The first kappa shape index (κ1) is 15.1. The lowest BCUT2D eigenvalue weighted by molar-refractivity contribution is 0.273. The predicted molar refractivity (Wildman–Crippen MR) is 82.5 cm³/mol. The van der Waals surface area contributed by atoms with Crippen LogP contribution in [0.1, 0.15) is 43.9 Å². The predicted octanol–water partition coefficient (Wildman–Crippen LogP) is 3.92. The van der Waals surface area contributed by atoms with Crippen molar-refractivity contribution in [1.29, 1.82) is 0 Å². The van der Waals surface area contributed by atoms with Crippen LogP contribution in [0.25, 0.3) is 5.69 Å². The molecule has 0 aliphatic heterocycles. The molecule has 4 heteroatoms. The van der Waals surface area contributed by atoms with Crippen LogP contribution < -0.4 is 0 Å². The average Bonchev–Trinajstić information content (AvgIpc) is 2.83. The lowest BCUT2D eigenvalue weighted by Crippen LogP contribution is -2.06. The molecule has 1 aromatic carbocycles. The number of aliphatic hydroxyl groups excluding tert-OH is 1. The van der Waals surface area contributed by atoms with E-state index in [2.05, 4.69) is 13.8 Å². The minimum atomic E-state index is -0.0166. The Morgan fingerprint density at radius 1 is 1.25 bits per heavy atom. The number of rotatable bonds is 6. The molecule has 3 nitrogen and oxygen atoms in total. The number of hydrogen-bond acceptors (Lipinski definition) is 2. The summed E-state index contributed by atoms with van der Waals surface area (Å²) in [6, 6.07) is 7.69. The Bertz CT molecular complexity index is 578. The third kappa shape index (κ3) is 2.89. The van der Waals surface area contributed by atoms with Crippen molar-refractivity contribution in [3.05, 3.63) is 46.5 Å². The molecular formula is C16H21ClN2O. The van der Waals surface area contributed by atoms with Crippen LogP contribution in [0.2, 0.25) is 5.02 Å². The SMILES string of the molecule is CCCCc1nc(CC)n(-c2ccccc2Cl)c1CO. The number of unbranched alkanes of at least 4 members (excludes halogenated alkanes) is 1. The van der Waals surface area contributed by atoms with E-state index in [1.807, 2.05) is 28.8 Å². The van der Waals surface area contributed by atoms with Crippen molar-refractivity contribution in [3.8, 4) is 5.69 Å². The fourth-order valence-corrected chi connectivity index (χ4v) is 2.64. The van der Waals surface area contributed by atoms with Crippen LogP contribution in [0.3, 0.4) is 0 Å². The number of aryl methyl sites for hydroxylation is 2. The van der Waals surface area contributed by atoms with Gasteiger partial charge in [0.1, 0.15) is 5.82 Å². The molecule has 1 heterocycles. The average molecular weight is 293 g/mol. The summed E-state index contributed by atoms with van der Waals surface area (Å²) >= 11 is 6.30. The molecule has 1 aromatic heterocycles. The first-order chi connectivity index (χ1) is 9.72. The van der Waals surface area contributed by atoms with E-state index in [0.717, 1.165) is 48.6 Å². The summed E-state index contributed by atoms with van der Waals surface area (Å²) in [5.41, 5.74) is 2.75. The van der Waals surface area contributed by atoms with Gasteiger partial charge in [0, 0.05) is 6.42 Å². The van der Waals surface area contributed by atoms with E-state index < -0.39 is 0 Å². The number of para-hydroxylation sites is 1. The molecular weight excluding hydrogens is 272 g/mol. The van der Waals surface area contributed by atoms with Crippen LogP contribution in [-0.4, -0.2) is 14.7 Å². The van der Waals surface area contributed by atoms with Crippen molar-refractivity contribution in [2.24, 2.45) is 0 Å². The van der Waals surface area contributed by atoms with E-state index in [9.17, 15) is 5.11 Å². The van der Waals surface area contributed by atoms with Crippen LogP contribution in [-0.2, 0) is 19.4 Å². The second-order valence-corrected chi connectivity index (χ2v) is 5.23. The summed E-state index contributed by atoms with van der Waals surface area (Å²) in [7, 11) is 0. The zero-order chi connectivity index (χ0) is 14.5. The molecule has 1 N–H and O–H groups in total. The van der Waals surface area contributed by atoms with Gasteiger partial charge in [-0.15, -0.1) is 0 Å². The van der Waals surface area contributed by atoms with Crippen molar-refractivity contribution >= 4 is 11.6 Å². The van der Waals surface area contributed by atoms with Gasteiger partial charge < -0.3 is 5.11 Å². The van der Waals surface area contributed by atoms with Gasteiger partial charge in [0.25, 0.3) is 0 Å². The molecule has 0 fully saturated rings. The van der Waals surface area contributed by atoms with E-state index in [1.54, 1.807) is 0 Å². The molecule has 0 atom stereocenters. The fourth-order valence-electron chi connectivity index (χ4n) is 2.42. The van der Waals surface area contributed by atoms with E-state index in [0.29, 0.717) is 5.02 Å². The maximum absolute atomic E-state index is 9.76. The van der Waals surface area contributed by atoms with Crippen molar-refractivity contribution in [3.63, 3.8) is 0 Å². The quantitative estimate of drug-likeness (QED) is 0.876. The second kappa shape index (κ2) is 6.91. The molecule has 0 saturated heterocycles. The van der Waals surface area contributed by atoms with E-state index in [4.69, 9.17) is 16.6 Å².